The Morgan fingerprint density at radius 2 is 2.07 bits per heavy atom. The number of nitrogens with zero attached hydrogens (tertiary/aromatic N) is 2. The van der Waals surface area contributed by atoms with E-state index in [1.54, 1.807) is 0 Å². The summed E-state index contributed by atoms with van der Waals surface area (Å²) in [6.07, 6.45) is 1.07. The maximum atomic E-state index is 5.76. The van der Waals surface area contributed by atoms with Crippen LogP contribution >= 0.6 is 0 Å². The Hall–Kier alpha value is -0.830. The summed E-state index contributed by atoms with van der Waals surface area (Å²) in [6.45, 7) is 9.41. The third-order valence-corrected chi connectivity index (χ3v) is 2.88. The smallest absolute Gasteiger partial charge is 0.0680 e. The molecule has 0 bridgehead atoms. The third kappa shape index (κ3) is 2.59. The standard InChI is InChI=1S/C12H23N3/c1-6-9(8-13)10-7-11(12(2,3)4)14-15(10)5/h7,9H,6,8,13H2,1-5H3. The molecule has 0 radical (unpaired) electrons. The first-order chi connectivity index (χ1) is 6.90. The molecule has 2 N–H and O–H groups in total. The molecule has 0 fully saturated rings. The Labute approximate surface area is 92.7 Å². The minimum absolute atomic E-state index is 0.114. The molecule has 3 nitrogen and oxygen atoms in total. The van der Waals surface area contributed by atoms with Crippen LogP contribution in [-0.4, -0.2) is 16.3 Å². The number of hydrogen-bond acceptors (Lipinski definition) is 2. The topological polar surface area (TPSA) is 43.8 Å². The molecule has 86 valence electrons. The first kappa shape index (κ1) is 12.2. The number of aromatic nitrogens is 2. The van der Waals surface area contributed by atoms with Crippen LogP contribution in [0, 0.1) is 0 Å². The lowest BCUT2D eigenvalue weighted by Gasteiger charge is -2.14. The summed E-state index contributed by atoms with van der Waals surface area (Å²) in [5, 5.41) is 4.56. The first-order valence-corrected chi connectivity index (χ1v) is 5.64. The zero-order chi connectivity index (χ0) is 11.6. The fraction of sp³-hybridized carbons (Fsp3) is 0.750. The van der Waals surface area contributed by atoms with E-state index in [1.807, 2.05) is 11.7 Å². The highest BCUT2D eigenvalue weighted by Gasteiger charge is 2.21. The molecule has 0 spiro atoms. The van der Waals surface area contributed by atoms with Crippen LogP contribution in [0.4, 0.5) is 0 Å². The molecule has 0 saturated heterocycles. The summed E-state index contributed by atoms with van der Waals surface area (Å²) >= 11 is 0. The first-order valence-electron chi connectivity index (χ1n) is 5.64. The average molecular weight is 209 g/mol. The van der Waals surface area contributed by atoms with E-state index in [-0.39, 0.29) is 5.41 Å². The second kappa shape index (κ2) is 4.35. The summed E-state index contributed by atoms with van der Waals surface area (Å²) in [5.41, 5.74) is 8.28. The van der Waals surface area contributed by atoms with Crippen molar-refractivity contribution in [3.63, 3.8) is 0 Å². The van der Waals surface area contributed by atoms with Gasteiger partial charge in [0.15, 0.2) is 0 Å². The fourth-order valence-corrected chi connectivity index (χ4v) is 1.73. The predicted octanol–water partition coefficient (Wildman–Crippen LogP) is 2.17. The van der Waals surface area contributed by atoms with Crippen molar-refractivity contribution in [1.29, 1.82) is 0 Å². The van der Waals surface area contributed by atoms with Crippen molar-refractivity contribution < 1.29 is 0 Å². The summed E-state index contributed by atoms with van der Waals surface area (Å²) in [4.78, 5) is 0. The second-order valence-electron chi connectivity index (χ2n) is 5.17. The van der Waals surface area contributed by atoms with Gasteiger partial charge >= 0.3 is 0 Å². The fourth-order valence-electron chi connectivity index (χ4n) is 1.73. The molecule has 1 heterocycles. The van der Waals surface area contributed by atoms with E-state index in [1.165, 1.54) is 5.69 Å². The zero-order valence-corrected chi connectivity index (χ0v) is 10.5. The van der Waals surface area contributed by atoms with Crippen molar-refractivity contribution in [1.82, 2.24) is 9.78 Å². The van der Waals surface area contributed by atoms with Gasteiger partial charge in [0.1, 0.15) is 0 Å². The summed E-state index contributed by atoms with van der Waals surface area (Å²) < 4.78 is 1.97. The van der Waals surface area contributed by atoms with Crippen LogP contribution in [0.1, 0.15) is 51.4 Å². The van der Waals surface area contributed by atoms with Crippen LogP contribution in [0.15, 0.2) is 6.07 Å². The highest BCUT2D eigenvalue weighted by molar-refractivity contribution is 5.20. The number of rotatable bonds is 3. The monoisotopic (exact) mass is 209 g/mol. The largest absolute Gasteiger partial charge is 0.330 e. The SMILES string of the molecule is CCC(CN)c1cc(C(C)(C)C)nn1C. The van der Waals surface area contributed by atoms with E-state index in [0.29, 0.717) is 12.5 Å². The molecule has 1 aromatic rings. The van der Waals surface area contributed by atoms with Crippen molar-refractivity contribution in [2.45, 2.75) is 45.4 Å². The Bertz CT molecular complexity index is 316. The van der Waals surface area contributed by atoms with Gasteiger partial charge in [-0.3, -0.25) is 4.68 Å². The van der Waals surface area contributed by atoms with E-state index in [4.69, 9.17) is 5.73 Å². The number of hydrogen-bond donors (Lipinski definition) is 1. The van der Waals surface area contributed by atoms with Gasteiger partial charge in [0.05, 0.1) is 5.69 Å². The van der Waals surface area contributed by atoms with Gasteiger partial charge < -0.3 is 5.73 Å². The lowest BCUT2D eigenvalue weighted by atomic mass is 9.91. The van der Waals surface area contributed by atoms with Gasteiger partial charge in [-0.15, -0.1) is 0 Å². The molecule has 15 heavy (non-hydrogen) atoms. The highest BCUT2D eigenvalue weighted by atomic mass is 15.3. The van der Waals surface area contributed by atoms with Crippen molar-refractivity contribution in [3.05, 3.63) is 17.5 Å². The molecule has 1 aromatic heterocycles. The summed E-state index contributed by atoms with van der Waals surface area (Å²) in [7, 11) is 2.00. The zero-order valence-electron chi connectivity index (χ0n) is 10.5. The normalized spacial score (nSPS) is 14.3. The van der Waals surface area contributed by atoms with Crippen molar-refractivity contribution in [2.24, 2.45) is 12.8 Å². The molecule has 1 unspecified atom stereocenters. The van der Waals surface area contributed by atoms with Gasteiger partial charge in [-0.25, -0.2) is 0 Å². The molecule has 0 aliphatic rings. The van der Waals surface area contributed by atoms with Crippen LogP contribution in [-0.2, 0) is 12.5 Å². The van der Waals surface area contributed by atoms with Gasteiger partial charge in [0, 0.05) is 30.6 Å². The average Bonchev–Trinajstić information content (AvgIpc) is 2.50. The van der Waals surface area contributed by atoms with E-state index >= 15 is 0 Å². The quantitative estimate of drug-likeness (QED) is 0.829. The lowest BCUT2D eigenvalue weighted by molar-refractivity contribution is 0.545. The van der Waals surface area contributed by atoms with E-state index in [2.05, 4.69) is 38.9 Å². The van der Waals surface area contributed by atoms with E-state index in [9.17, 15) is 0 Å². The van der Waals surface area contributed by atoms with Gasteiger partial charge in [0.25, 0.3) is 0 Å². The molecular formula is C12H23N3. The minimum Gasteiger partial charge on any atom is -0.330 e. The molecule has 0 amide bonds. The summed E-state index contributed by atoms with van der Waals surface area (Å²) in [6, 6.07) is 2.20. The molecule has 0 aliphatic carbocycles. The molecular weight excluding hydrogens is 186 g/mol. The Morgan fingerprint density at radius 1 is 1.47 bits per heavy atom. The van der Waals surface area contributed by atoms with E-state index < -0.39 is 0 Å². The van der Waals surface area contributed by atoms with Crippen LogP contribution in [0.3, 0.4) is 0 Å². The summed E-state index contributed by atoms with van der Waals surface area (Å²) in [5.74, 6) is 0.429. The second-order valence-corrected chi connectivity index (χ2v) is 5.17. The third-order valence-electron chi connectivity index (χ3n) is 2.88. The van der Waals surface area contributed by atoms with Crippen LogP contribution in [0.2, 0.25) is 0 Å². The van der Waals surface area contributed by atoms with E-state index in [0.717, 1.165) is 12.1 Å². The molecule has 3 heteroatoms. The Morgan fingerprint density at radius 3 is 2.40 bits per heavy atom. The maximum Gasteiger partial charge on any atom is 0.0680 e. The molecule has 0 aliphatic heterocycles. The highest BCUT2D eigenvalue weighted by Crippen LogP contribution is 2.25. The molecule has 0 aromatic carbocycles. The minimum atomic E-state index is 0.114. The van der Waals surface area contributed by atoms with Gasteiger partial charge in [-0.2, -0.15) is 5.10 Å². The van der Waals surface area contributed by atoms with Gasteiger partial charge in [-0.05, 0) is 12.5 Å². The molecule has 1 atom stereocenters. The number of nitrogens with two attached hydrogens (primary N) is 1. The lowest BCUT2D eigenvalue weighted by Crippen LogP contribution is -2.14. The van der Waals surface area contributed by atoms with Crippen molar-refractivity contribution in [2.75, 3.05) is 6.54 Å². The Balaban J connectivity index is 3.06. The Kier molecular flexibility index (Phi) is 3.55. The van der Waals surface area contributed by atoms with Crippen molar-refractivity contribution >= 4 is 0 Å². The van der Waals surface area contributed by atoms with Crippen molar-refractivity contribution in [3.8, 4) is 0 Å². The van der Waals surface area contributed by atoms with Crippen LogP contribution in [0.5, 0.6) is 0 Å². The molecule has 0 saturated carbocycles. The number of aryl methyl sites for hydroxylation is 1. The maximum absolute atomic E-state index is 5.76. The van der Waals surface area contributed by atoms with Crippen LogP contribution < -0.4 is 5.73 Å². The van der Waals surface area contributed by atoms with Gasteiger partial charge in [0.2, 0.25) is 0 Å². The molecule has 1 rings (SSSR count). The van der Waals surface area contributed by atoms with Crippen LogP contribution in [0.25, 0.3) is 0 Å². The van der Waals surface area contributed by atoms with Gasteiger partial charge in [-0.1, -0.05) is 27.7 Å². The predicted molar refractivity (Wildman–Crippen MR) is 64.0 cm³/mol.